The van der Waals surface area contributed by atoms with Crippen molar-refractivity contribution >= 4 is 0 Å². The molecule has 1 aromatic carbocycles. The van der Waals surface area contributed by atoms with Gasteiger partial charge in [0.15, 0.2) is 6.10 Å². The number of rotatable bonds is 4. The van der Waals surface area contributed by atoms with Gasteiger partial charge < -0.3 is 14.8 Å². The molecule has 1 aromatic rings. The van der Waals surface area contributed by atoms with Gasteiger partial charge in [0.05, 0.1) is 6.04 Å². The highest BCUT2D eigenvalue weighted by molar-refractivity contribution is 5.45. The van der Waals surface area contributed by atoms with Gasteiger partial charge in [0.25, 0.3) is 0 Å². The molecule has 0 fully saturated rings. The van der Waals surface area contributed by atoms with Crippen LogP contribution in [0.5, 0.6) is 11.5 Å². The molecular formula is C13H16N2O2. The number of benzene rings is 1. The molecule has 0 amide bonds. The molecule has 4 nitrogen and oxygen atoms in total. The van der Waals surface area contributed by atoms with E-state index in [0.717, 1.165) is 17.9 Å². The first kappa shape index (κ1) is 11.7. The van der Waals surface area contributed by atoms with Gasteiger partial charge in [0.2, 0.25) is 0 Å². The maximum atomic E-state index is 8.69. The van der Waals surface area contributed by atoms with Gasteiger partial charge in [-0.1, -0.05) is 6.92 Å². The summed E-state index contributed by atoms with van der Waals surface area (Å²) in [5, 5.41) is 12.0. The average Bonchev–Trinajstić information content (AvgIpc) is 2.72. The summed E-state index contributed by atoms with van der Waals surface area (Å²) in [7, 11) is 0. The third kappa shape index (κ3) is 2.51. The Hall–Kier alpha value is -1.73. The minimum Gasteiger partial charge on any atom is -0.491 e. The fraction of sp³-hybridized carbons (Fsp3) is 0.462. The molecule has 0 aromatic heterocycles. The monoisotopic (exact) mass is 232 g/mol. The zero-order valence-corrected chi connectivity index (χ0v) is 10.1. The van der Waals surface area contributed by atoms with Crippen LogP contribution in [0.15, 0.2) is 18.2 Å². The molecule has 0 aliphatic carbocycles. The fourth-order valence-corrected chi connectivity index (χ4v) is 1.91. The molecule has 1 heterocycles. The Balaban J connectivity index is 2.14. The minimum absolute atomic E-state index is 0.262. The number of nitriles is 1. The molecular weight excluding hydrogens is 216 g/mol. The highest BCUT2D eigenvalue weighted by Crippen LogP contribution is 2.35. The van der Waals surface area contributed by atoms with Gasteiger partial charge >= 0.3 is 0 Å². The lowest BCUT2D eigenvalue weighted by Gasteiger charge is -2.10. The van der Waals surface area contributed by atoms with Gasteiger partial charge in [0.1, 0.15) is 24.2 Å². The first-order chi connectivity index (χ1) is 8.24. The summed E-state index contributed by atoms with van der Waals surface area (Å²) in [6.07, 6.45) is -0.445. The maximum Gasteiger partial charge on any atom is 0.181 e. The van der Waals surface area contributed by atoms with Crippen LogP contribution in [0.1, 0.15) is 25.5 Å². The average molecular weight is 232 g/mol. The molecule has 0 saturated carbocycles. The Labute approximate surface area is 101 Å². The van der Waals surface area contributed by atoms with E-state index in [4.69, 9.17) is 14.7 Å². The normalized spacial score (nSPS) is 19.0. The molecule has 2 atom stereocenters. The lowest BCUT2D eigenvalue weighted by atomic mass is 10.1. The summed E-state index contributed by atoms with van der Waals surface area (Å²) in [4.78, 5) is 0. The number of nitrogens with one attached hydrogen (secondary N) is 1. The summed E-state index contributed by atoms with van der Waals surface area (Å²) in [5.74, 6) is 1.52. The van der Waals surface area contributed by atoms with E-state index in [0.29, 0.717) is 12.4 Å². The predicted molar refractivity (Wildman–Crippen MR) is 64.1 cm³/mol. The van der Waals surface area contributed by atoms with Crippen molar-refractivity contribution in [2.45, 2.75) is 26.0 Å². The first-order valence-electron chi connectivity index (χ1n) is 5.81. The molecule has 2 unspecified atom stereocenters. The topological polar surface area (TPSA) is 54.3 Å². The van der Waals surface area contributed by atoms with Gasteiger partial charge in [-0.3, -0.25) is 0 Å². The number of hydrogen-bond donors (Lipinski definition) is 1. The van der Waals surface area contributed by atoms with Crippen molar-refractivity contribution in [3.63, 3.8) is 0 Å². The molecule has 90 valence electrons. The molecule has 0 saturated heterocycles. The number of nitrogens with zero attached hydrogens (tertiary/aromatic N) is 1. The molecule has 1 aliphatic rings. The number of ether oxygens (including phenoxy) is 2. The van der Waals surface area contributed by atoms with Gasteiger partial charge in [-0.2, -0.15) is 5.26 Å². The van der Waals surface area contributed by atoms with Crippen LogP contribution in [-0.2, 0) is 0 Å². The van der Waals surface area contributed by atoms with Crippen molar-refractivity contribution in [3.05, 3.63) is 23.8 Å². The third-order valence-corrected chi connectivity index (χ3v) is 2.71. The minimum atomic E-state index is -0.445. The lowest BCUT2D eigenvalue weighted by molar-refractivity contribution is 0.273. The molecule has 2 rings (SSSR count). The van der Waals surface area contributed by atoms with E-state index >= 15 is 0 Å². The quantitative estimate of drug-likeness (QED) is 0.862. The summed E-state index contributed by atoms with van der Waals surface area (Å²) in [5.41, 5.74) is 1.16. The number of hydrogen-bond acceptors (Lipinski definition) is 4. The van der Waals surface area contributed by atoms with E-state index in [2.05, 4.69) is 12.2 Å². The van der Waals surface area contributed by atoms with Crippen molar-refractivity contribution in [3.8, 4) is 17.6 Å². The Morgan fingerprint density at radius 3 is 3.18 bits per heavy atom. The summed E-state index contributed by atoms with van der Waals surface area (Å²) >= 11 is 0. The van der Waals surface area contributed by atoms with Crippen LogP contribution in [0.4, 0.5) is 0 Å². The zero-order valence-electron chi connectivity index (χ0n) is 10.1. The smallest absolute Gasteiger partial charge is 0.181 e. The van der Waals surface area contributed by atoms with Crippen molar-refractivity contribution in [1.82, 2.24) is 5.32 Å². The van der Waals surface area contributed by atoms with Crippen molar-refractivity contribution in [2.75, 3.05) is 13.2 Å². The second kappa shape index (κ2) is 5.07. The Kier molecular flexibility index (Phi) is 3.50. The van der Waals surface area contributed by atoms with E-state index < -0.39 is 6.10 Å². The maximum absolute atomic E-state index is 8.69. The highest BCUT2D eigenvalue weighted by atomic mass is 16.5. The fourth-order valence-electron chi connectivity index (χ4n) is 1.91. The van der Waals surface area contributed by atoms with Crippen LogP contribution >= 0.6 is 0 Å². The van der Waals surface area contributed by atoms with Crippen molar-refractivity contribution in [1.29, 1.82) is 5.26 Å². The second-order valence-electron chi connectivity index (χ2n) is 4.01. The van der Waals surface area contributed by atoms with Gasteiger partial charge in [-0.05, 0) is 25.6 Å². The number of fused-ring (bicyclic) bond motifs is 1. The van der Waals surface area contributed by atoms with Gasteiger partial charge in [-0.25, -0.2) is 0 Å². The highest BCUT2D eigenvalue weighted by Gasteiger charge is 2.23. The summed E-state index contributed by atoms with van der Waals surface area (Å²) < 4.78 is 11.0. The molecule has 0 bridgehead atoms. The van der Waals surface area contributed by atoms with E-state index in [9.17, 15) is 0 Å². The van der Waals surface area contributed by atoms with Crippen LogP contribution in [0, 0.1) is 11.3 Å². The van der Waals surface area contributed by atoms with E-state index in [1.165, 1.54) is 0 Å². The van der Waals surface area contributed by atoms with E-state index in [-0.39, 0.29) is 6.04 Å². The van der Waals surface area contributed by atoms with Crippen LogP contribution in [0.25, 0.3) is 0 Å². The molecule has 4 heteroatoms. The molecule has 0 spiro atoms. The summed E-state index contributed by atoms with van der Waals surface area (Å²) in [6.45, 7) is 5.36. The largest absolute Gasteiger partial charge is 0.491 e. The van der Waals surface area contributed by atoms with Crippen molar-refractivity contribution < 1.29 is 9.47 Å². The first-order valence-corrected chi connectivity index (χ1v) is 5.81. The summed E-state index contributed by atoms with van der Waals surface area (Å²) in [6, 6.07) is 8.02. The molecule has 1 N–H and O–H groups in total. The second-order valence-corrected chi connectivity index (χ2v) is 4.01. The lowest BCUT2D eigenvalue weighted by Crippen LogP contribution is -2.21. The standard InChI is InChI=1S/C13H16N2O2/c1-3-15-12-8-16-13-6-10(4-5-11(12)13)17-9(2)7-14/h4-6,9,12,15H,3,8H2,1-2H3. The Morgan fingerprint density at radius 2 is 2.47 bits per heavy atom. The Morgan fingerprint density at radius 1 is 1.65 bits per heavy atom. The van der Waals surface area contributed by atoms with Crippen LogP contribution in [0.3, 0.4) is 0 Å². The van der Waals surface area contributed by atoms with E-state index in [1.54, 1.807) is 6.92 Å². The molecule has 17 heavy (non-hydrogen) atoms. The van der Waals surface area contributed by atoms with Gasteiger partial charge in [0, 0.05) is 11.6 Å². The van der Waals surface area contributed by atoms with Gasteiger partial charge in [-0.15, -0.1) is 0 Å². The van der Waals surface area contributed by atoms with Crippen LogP contribution in [-0.4, -0.2) is 19.3 Å². The third-order valence-electron chi connectivity index (χ3n) is 2.71. The van der Waals surface area contributed by atoms with Crippen LogP contribution < -0.4 is 14.8 Å². The number of likely N-dealkylation sites (N-methyl/N-ethyl adjacent to an activating group) is 1. The van der Waals surface area contributed by atoms with Crippen LogP contribution in [0.2, 0.25) is 0 Å². The SMILES string of the molecule is CCNC1COc2cc(OC(C)C#N)ccc21. The van der Waals surface area contributed by atoms with Crippen molar-refractivity contribution in [2.24, 2.45) is 0 Å². The zero-order chi connectivity index (χ0) is 12.3. The predicted octanol–water partition coefficient (Wildman–Crippen LogP) is 2.02. The Bertz CT molecular complexity index is 440. The molecule has 1 aliphatic heterocycles. The van der Waals surface area contributed by atoms with E-state index in [1.807, 2.05) is 24.3 Å². The molecule has 0 radical (unpaired) electrons.